The summed E-state index contributed by atoms with van der Waals surface area (Å²) in [5, 5.41) is 0.906. The highest BCUT2D eigenvalue weighted by molar-refractivity contribution is 7.99. The number of likely N-dealkylation sites (tertiary alicyclic amines) is 1. The fourth-order valence-electron chi connectivity index (χ4n) is 4.20. The molecule has 1 aromatic carbocycles. The number of methoxy groups -OCH3 is 1. The molecular weight excluding hydrogens is 424 g/mol. The summed E-state index contributed by atoms with van der Waals surface area (Å²) >= 11 is 1.66. The molecule has 32 heavy (non-hydrogen) atoms. The second-order valence-electron chi connectivity index (χ2n) is 8.04. The molecule has 170 valence electrons. The van der Waals surface area contributed by atoms with E-state index >= 15 is 0 Å². The van der Waals surface area contributed by atoms with Gasteiger partial charge in [0, 0.05) is 37.0 Å². The van der Waals surface area contributed by atoms with E-state index in [4.69, 9.17) is 9.47 Å². The monoisotopic (exact) mass is 454 g/mol. The van der Waals surface area contributed by atoms with Crippen LogP contribution in [0.15, 0.2) is 52.7 Å². The molecule has 0 bridgehead atoms. The number of aromatic nitrogens is 2. The molecule has 0 amide bonds. The van der Waals surface area contributed by atoms with Gasteiger partial charge in [0.05, 0.1) is 12.3 Å². The van der Waals surface area contributed by atoms with Gasteiger partial charge in [-0.05, 0) is 62.9 Å². The molecule has 0 saturated carbocycles. The fourth-order valence-corrected chi connectivity index (χ4v) is 5.18. The molecule has 0 unspecified atom stereocenters. The fraction of sp³-hybridized carbons (Fsp3) is 0.458. The summed E-state index contributed by atoms with van der Waals surface area (Å²) in [7, 11) is 1.70. The van der Waals surface area contributed by atoms with E-state index in [2.05, 4.69) is 38.0 Å². The number of allylic oxidation sites excluding steroid dienone is 1. The number of piperidine rings is 1. The van der Waals surface area contributed by atoms with E-state index in [0.29, 0.717) is 19.3 Å². The third-order valence-electron chi connectivity index (χ3n) is 5.80. The Bertz CT molecular complexity index is 960. The molecule has 8 heteroatoms. The molecule has 4 rings (SSSR count). The highest BCUT2D eigenvalue weighted by Crippen LogP contribution is 2.46. The zero-order valence-electron chi connectivity index (χ0n) is 18.7. The SMILES string of the molecule is CCOC(=O)/C=C\CC1CCN(Cc2ccc3c(c2)N(COC)c2nccnc2S3)CC1. The normalized spacial score (nSPS) is 16.8. The van der Waals surface area contributed by atoms with Crippen LogP contribution in [0.25, 0.3) is 0 Å². The second kappa shape index (κ2) is 10.9. The maximum atomic E-state index is 11.4. The topological polar surface area (TPSA) is 67.8 Å². The summed E-state index contributed by atoms with van der Waals surface area (Å²) in [5.41, 5.74) is 2.42. The van der Waals surface area contributed by atoms with Crippen molar-refractivity contribution in [2.75, 3.05) is 38.4 Å². The summed E-state index contributed by atoms with van der Waals surface area (Å²) < 4.78 is 10.4. The van der Waals surface area contributed by atoms with Gasteiger partial charge < -0.3 is 9.47 Å². The van der Waals surface area contributed by atoms with Crippen LogP contribution in [0.5, 0.6) is 0 Å². The Morgan fingerprint density at radius 2 is 2.06 bits per heavy atom. The average molecular weight is 455 g/mol. The molecule has 2 aromatic rings. The molecule has 0 radical (unpaired) electrons. The van der Waals surface area contributed by atoms with Gasteiger partial charge in [0.1, 0.15) is 11.8 Å². The first-order valence-corrected chi connectivity index (χ1v) is 11.9. The van der Waals surface area contributed by atoms with Crippen LogP contribution in [-0.2, 0) is 20.8 Å². The third-order valence-corrected chi connectivity index (χ3v) is 6.85. The number of fused-ring (bicyclic) bond motifs is 2. The first-order chi connectivity index (χ1) is 15.7. The first kappa shape index (κ1) is 22.8. The Kier molecular flexibility index (Phi) is 7.78. The van der Waals surface area contributed by atoms with Crippen LogP contribution in [0.2, 0.25) is 0 Å². The Morgan fingerprint density at radius 1 is 1.25 bits per heavy atom. The van der Waals surface area contributed by atoms with Gasteiger partial charge >= 0.3 is 5.97 Å². The van der Waals surface area contributed by atoms with Gasteiger partial charge in [0.15, 0.2) is 5.82 Å². The van der Waals surface area contributed by atoms with Gasteiger partial charge in [-0.15, -0.1) is 0 Å². The van der Waals surface area contributed by atoms with E-state index in [1.165, 1.54) is 10.5 Å². The lowest BCUT2D eigenvalue weighted by Crippen LogP contribution is -2.33. The van der Waals surface area contributed by atoms with Crippen molar-refractivity contribution in [1.29, 1.82) is 0 Å². The summed E-state index contributed by atoms with van der Waals surface area (Å²) in [6, 6.07) is 6.65. The molecule has 3 heterocycles. The lowest BCUT2D eigenvalue weighted by atomic mass is 9.93. The number of esters is 1. The van der Waals surface area contributed by atoms with Gasteiger partial charge in [-0.3, -0.25) is 9.80 Å². The van der Waals surface area contributed by atoms with Gasteiger partial charge in [0.2, 0.25) is 0 Å². The second-order valence-corrected chi connectivity index (χ2v) is 9.08. The van der Waals surface area contributed by atoms with Crippen LogP contribution in [0.4, 0.5) is 11.5 Å². The van der Waals surface area contributed by atoms with Crippen molar-refractivity contribution in [2.24, 2.45) is 5.92 Å². The minimum Gasteiger partial charge on any atom is -0.463 e. The summed E-state index contributed by atoms with van der Waals surface area (Å²) in [4.78, 5) is 26.2. The minimum atomic E-state index is -0.244. The average Bonchev–Trinajstić information content (AvgIpc) is 2.81. The number of hydrogen-bond acceptors (Lipinski definition) is 8. The highest BCUT2D eigenvalue weighted by Gasteiger charge is 2.26. The molecular formula is C24H30N4O3S. The number of ether oxygens (including phenoxy) is 2. The van der Waals surface area contributed by atoms with Crippen molar-refractivity contribution < 1.29 is 14.3 Å². The molecule has 7 nitrogen and oxygen atoms in total. The van der Waals surface area contributed by atoms with E-state index in [0.717, 1.165) is 55.4 Å². The standard InChI is InChI=1S/C24H30N4O3S/c1-3-31-22(29)6-4-5-18-9-13-27(14-10-18)16-19-7-8-21-20(15-19)28(17-30-2)23-24(32-21)26-12-11-25-23/h4,6-8,11-12,15,18H,3,5,9-10,13-14,16-17H2,1-2H3/b6-4-. The van der Waals surface area contributed by atoms with Gasteiger partial charge in [-0.2, -0.15) is 0 Å². The molecule has 1 fully saturated rings. The lowest BCUT2D eigenvalue weighted by molar-refractivity contribution is -0.137. The molecule has 0 atom stereocenters. The van der Waals surface area contributed by atoms with Crippen LogP contribution < -0.4 is 4.90 Å². The number of anilines is 2. The van der Waals surface area contributed by atoms with Gasteiger partial charge in [0.25, 0.3) is 0 Å². The summed E-state index contributed by atoms with van der Waals surface area (Å²) in [6.07, 6.45) is 10.2. The van der Waals surface area contributed by atoms with E-state index in [1.807, 2.05) is 13.0 Å². The molecule has 0 N–H and O–H groups in total. The van der Waals surface area contributed by atoms with E-state index in [1.54, 1.807) is 37.3 Å². The Labute approximate surface area is 193 Å². The predicted molar refractivity (Wildman–Crippen MR) is 125 cm³/mol. The smallest absolute Gasteiger partial charge is 0.330 e. The largest absolute Gasteiger partial charge is 0.463 e. The van der Waals surface area contributed by atoms with Crippen molar-refractivity contribution in [2.45, 2.75) is 42.7 Å². The number of carbonyl (C=O) groups excluding carboxylic acids is 1. The summed E-state index contributed by atoms with van der Waals surface area (Å²) in [5.74, 6) is 1.23. The number of rotatable bonds is 8. The van der Waals surface area contributed by atoms with E-state index in [-0.39, 0.29) is 5.97 Å². The van der Waals surface area contributed by atoms with Crippen molar-refractivity contribution in [3.63, 3.8) is 0 Å². The first-order valence-electron chi connectivity index (χ1n) is 11.1. The zero-order chi connectivity index (χ0) is 22.3. The van der Waals surface area contributed by atoms with Gasteiger partial charge in [-0.1, -0.05) is 23.9 Å². The predicted octanol–water partition coefficient (Wildman–Crippen LogP) is 4.40. The van der Waals surface area contributed by atoms with E-state index < -0.39 is 0 Å². The number of nitrogens with zero attached hydrogens (tertiary/aromatic N) is 4. The van der Waals surface area contributed by atoms with Crippen molar-refractivity contribution >= 4 is 29.2 Å². The van der Waals surface area contributed by atoms with Crippen LogP contribution in [0.3, 0.4) is 0 Å². The number of hydrogen-bond donors (Lipinski definition) is 0. The van der Waals surface area contributed by atoms with Crippen LogP contribution in [0.1, 0.15) is 31.7 Å². The third kappa shape index (κ3) is 5.49. The molecule has 0 aliphatic carbocycles. The zero-order valence-corrected chi connectivity index (χ0v) is 19.5. The minimum absolute atomic E-state index is 0.244. The van der Waals surface area contributed by atoms with E-state index in [9.17, 15) is 4.79 Å². The lowest BCUT2D eigenvalue weighted by Gasteiger charge is -2.33. The van der Waals surface area contributed by atoms with Crippen molar-refractivity contribution in [3.8, 4) is 0 Å². The van der Waals surface area contributed by atoms with Gasteiger partial charge in [-0.25, -0.2) is 14.8 Å². The van der Waals surface area contributed by atoms with Crippen LogP contribution in [-0.4, -0.2) is 54.4 Å². The number of carbonyl (C=O) groups is 1. The Balaban J connectivity index is 1.36. The maximum Gasteiger partial charge on any atom is 0.330 e. The molecule has 0 spiro atoms. The van der Waals surface area contributed by atoms with Crippen LogP contribution in [0, 0.1) is 5.92 Å². The number of benzene rings is 1. The Morgan fingerprint density at radius 3 is 2.84 bits per heavy atom. The Hall–Kier alpha value is -2.42. The molecule has 2 aliphatic rings. The quantitative estimate of drug-likeness (QED) is 0.429. The summed E-state index contributed by atoms with van der Waals surface area (Å²) in [6.45, 7) is 5.75. The van der Waals surface area contributed by atoms with Crippen LogP contribution >= 0.6 is 11.8 Å². The molecule has 2 aliphatic heterocycles. The molecule has 1 aromatic heterocycles. The van der Waals surface area contributed by atoms with Crippen molar-refractivity contribution in [1.82, 2.24) is 14.9 Å². The molecule has 1 saturated heterocycles. The maximum absolute atomic E-state index is 11.4. The highest BCUT2D eigenvalue weighted by atomic mass is 32.2. The van der Waals surface area contributed by atoms with Crippen molar-refractivity contribution in [3.05, 3.63) is 48.3 Å².